The molecule has 0 radical (unpaired) electrons. The molecule has 7 aromatic carbocycles. The fourth-order valence-electron chi connectivity index (χ4n) is 7.12. The van der Waals surface area contributed by atoms with Gasteiger partial charge in [0.15, 0.2) is 0 Å². The number of fused-ring (bicyclic) bond motifs is 2. The maximum Gasteiger partial charge on any atom is -0.0271 e. The molecular formula is C48H52Cl2SiZr-2. The molecule has 7 aromatic rings. The van der Waals surface area contributed by atoms with Gasteiger partial charge >= 0.3 is 41.9 Å². The van der Waals surface area contributed by atoms with E-state index in [1.165, 1.54) is 99.4 Å². The first-order valence-electron chi connectivity index (χ1n) is 17.8. The molecule has 0 heterocycles. The van der Waals surface area contributed by atoms with Crippen molar-refractivity contribution in [1.29, 1.82) is 0 Å². The van der Waals surface area contributed by atoms with E-state index in [2.05, 4.69) is 185 Å². The van der Waals surface area contributed by atoms with Crippen molar-refractivity contribution < 1.29 is 48.1 Å². The van der Waals surface area contributed by atoms with Crippen LogP contribution in [0.3, 0.4) is 0 Å². The number of aryl methyl sites for hydroxylation is 7. The van der Waals surface area contributed by atoms with Crippen LogP contribution in [0.15, 0.2) is 109 Å². The van der Waals surface area contributed by atoms with Crippen molar-refractivity contribution in [2.24, 2.45) is 0 Å². The van der Waals surface area contributed by atoms with Gasteiger partial charge in [-0.1, -0.05) is 138 Å². The molecule has 0 nitrogen and oxygen atoms in total. The Hall–Kier alpha value is -3.00. The normalized spacial score (nSPS) is 10.6. The average Bonchev–Trinajstić information content (AvgIpc) is 3.62. The van der Waals surface area contributed by atoms with Gasteiger partial charge < -0.3 is 24.8 Å². The Kier molecular flexibility index (Phi) is 15.7. The molecule has 0 saturated heterocycles. The molecule has 4 heteroatoms. The summed E-state index contributed by atoms with van der Waals surface area (Å²) < 4.78 is 0. The minimum atomic E-state index is 0. The van der Waals surface area contributed by atoms with Gasteiger partial charge in [0.25, 0.3) is 0 Å². The minimum Gasteiger partial charge on any atom is -1.00 e. The van der Waals surface area contributed by atoms with E-state index in [9.17, 15) is 0 Å². The van der Waals surface area contributed by atoms with E-state index < -0.39 is 0 Å². The van der Waals surface area contributed by atoms with E-state index in [4.69, 9.17) is 0 Å². The molecule has 0 N–H and O–H groups in total. The van der Waals surface area contributed by atoms with Gasteiger partial charge in [-0.15, -0.1) is 63.0 Å². The number of hydrogen-bond donors (Lipinski definition) is 0. The SMILES string of the molecule is C[Si](C)=[Zr+2].Cc1cc(C)cc(-c2cc(-c3cc(C)cc(C)c3)c3cc(C)[cH-]c3c2)c1.Cc1cc(C)cc(-c2cccc3[cH-]c(C(C)C)cc23)c1.[Cl-].[Cl-]. The van der Waals surface area contributed by atoms with Crippen LogP contribution in [0.2, 0.25) is 13.1 Å². The van der Waals surface area contributed by atoms with Crippen LogP contribution in [0.5, 0.6) is 0 Å². The fourth-order valence-corrected chi connectivity index (χ4v) is 7.12. The van der Waals surface area contributed by atoms with Crippen molar-refractivity contribution in [2.75, 3.05) is 0 Å². The van der Waals surface area contributed by atoms with Gasteiger partial charge in [-0.2, -0.15) is 12.1 Å². The van der Waals surface area contributed by atoms with Crippen molar-refractivity contribution >= 4 is 27.0 Å². The van der Waals surface area contributed by atoms with Crippen molar-refractivity contribution in [3.05, 3.63) is 154 Å². The molecule has 0 bridgehead atoms. The van der Waals surface area contributed by atoms with Crippen molar-refractivity contribution in [3.8, 4) is 33.4 Å². The summed E-state index contributed by atoms with van der Waals surface area (Å²) in [7, 11) is 0. The summed E-state index contributed by atoms with van der Waals surface area (Å²) in [6.45, 7) is 24.3. The number of hydrogen-bond acceptors (Lipinski definition) is 0. The zero-order chi connectivity index (χ0) is 36.3. The Morgan fingerprint density at radius 3 is 1.38 bits per heavy atom. The molecule has 0 aliphatic heterocycles. The third kappa shape index (κ3) is 11.0. The standard InChI is InChI=1S/C26H25.C20H21.C2H6Si.2ClH.Zr/c1-16-6-17(2)9-21(8-16)22-14-24-12-20(5)13-25(24)26(15-22)23-10-18(3)7-19(4)11-23;1-13(2)17-11-16-6-5-7-19(20(16)12-17)18-9-14(3)8-15(4)10-18;1-3-2;;;/h6-15H,1-5H3;5-13H,1-4H3;1-2H3;2*1H;/q2*-1;;;;+2/p-2. The van der Waals surface area contributed by atoms with Crippen molar-refractivity contribution in [3.63, 3.8) is 0 Å². The van der Waals surface area contributed by atoms with E-state index in [1.807, 2.05) is 0 Å². The second kappa shape index (κ2) is 18.9. The molecule has 0 amide bonds. The molecule has 0 aromatic heterocycles. The summed E-state index contributed by atoms with van der Waals surface area (Å²) in [6, 6.07) is 41.1. The first kappa shape index (κ1) is 43.4. The monoisotopic (exact) mass is 816 g/mol. The third-order valence-electron chi connectivity index (χ3n) is 9.03. The minimum absolute atomic E-state index is 0. The molecule has 52 heavy (non-hydrogen) atoms. The van der Waals surface area contributed by atoms with E-state index in [0.717, 1.165) is 0 Å². The Bertz CT molecular complexity index is 2250. The summed E-state index contributed by atoms with van der Waals surface area (Å²) in [4.78, 5) is 0. The zero-order valence-electron chi connectivity index (χ0n) is 32.7. The first-order chi connectivity index (χ1) is 23.7. The van der Waals surface area contributed by atoms with Crippen LogP contribution in [0.4, 0.5) is 0 Å². The molecule has 0 aliphatic rings. The average molecular weight is 819 g/mol. The topological polar surface area (TPSA) is 0 Å². The van der Waals surface area contributed by atoms with E-state index in [1.54, 1.807) is 23.3 Å². The third-order valence-corrected chi connectivity index (χ3v) is 9.03. The zero-order valence-corrected chi connectivity index (χ0v) is 37.7. The van der Waals surface area contributed by atoms with Gasteiger partial charge in [0.2, 0.25) is 0 Å². The maximum atomic E-state index is 2.37. The van der Waals surface area contributed by atoms with Gasteiger partial charge in [0.1, 0.15) is 0 Å². The van der Waals surface area contributed by atoms with Crippen LogP contribution in [-0.4, -0.2) is 5.43 Å². The largest absolute Gasteiger partial charge is 1.00 e. The Labute approximate surface area is 341 Å². The molecule has 0 saturated carbocycles. The van der Waals surface area contributed by atoms with Crippen molar-refractivity contribution in [1.82, 2.24) is 0 Å². The summed E-state index contributed by atoms with van der Waals surface area (Å²) in [5.41, 5.74) is 18.8. The van der Waals surface area contributed by atoms with E-state index in [0.29, 0.717) is 5.92 Å². The van der Waals surface area contributed by atoms with E-state index >= 15 is 0 Å². The van der Waals surface area contributed by atoms with Gasteiger partial charge in [-0.3, -0.25) is 0 Å². The molecule has 0 fully saturated rings. The Balaban J connectivity index is 0.000000252. The quantitative estimate of drug-likeness (QED) is 0.124. The van der Waals surface area contributed by atoms with Crippen LogP contribution < -0.4 is 24.8 Å². The Morgan fingerprint density at radius 1 is 0.481 bits per heavy atom. The van der Waals surface area contributed by atoms with Crippen LogP contribution in [0, 0.1) is 48.5 Å². The second-order valence-electron chi connectivity index (χ2n) is 14.9. The smallest absolute Gasteiger partial charge is 0.0271 e. The van der Waals surface area contributed by atoms with Crippen LogP contribution in [-0.2, 0) is 23.3 Å². The predicted molar refractivity (Wildman–Crippen MR) is 220 cm³/mol. The van der Waals surface area contributed by atoms with Gasteiger partial charge in [0, 0.05) is 0 Å². The first-order valence-corrected chi connectivity index (χ1v) is 24.0. The van der Waals surface area contributed by atoms with Gasteiger partial charge in [0.05, 0.1) is 0 Å². The number of halogens is 2. The number of benzene rings is 5. The van der Waals surface area contributed by atoms with Crippen molar-refractivity contribution in [2.45, 2.75) is 81.3 Å². The summed E-state index contributed by atoms with van der Waals surface area (Å²) in [5.74, 6) is 0.578. The second-order valence-corrected chi connectivity index (χ2v) is 24.3. The predicted octanol–water partition coefficient (Wildman–Crippen LogP) is 8.19. The molecule has 0 aliphatic carbocycles. The molecule has 0 unspecified atom stereocenters. The summed E-state index contributed by atoms with van der Waals surface area (Å²) >= 11 is 1.74. The fraction of sp³-hybridized carbons (Fsp3) is 0.250. The Morgan fingerprint density at radius 2 is 0.904 bits per heavy atom. The maximum absolute atomic E-state index is 2.37. The van der Waals surface area contributed by atoms with Crippen LogP contribution in [0.1, 0.15) is 64.3 Å². The number of rotatable bonds is 4. The van der Waals surface area contributed by atoms with Gasteiger partial charge in [-0.05, 0) is 64.2 Å². The summed E-state index contributed by atoms with van der Waals surface area (Å²) in [5, 5.41) is 5.40. The summed E-state index contributed by atoms with van der Waals surface area (Å²) in [6.07, 6.45) is 0. The molecular weight excluding hydrogens is 767 g/mol. The molecule has 0 atom stereocenters. The van der Waals surface area contributed by atoms with Gasteiger partial charge in [-0.25, -0.2) is 0 Å². The molecule has 7 rings (SSSR count). The van der Waals surface area contributed by atoms with Crippen LogP contribution >= 0.6 is 0 Å². The molecule has 268 valence electrons. The molecule has 0 spiro atoms. The van der Waals surface area contributed by atoms with E-state index in [-0.39, 0.29) is 30.2 Å². The van der Waals surface area contributed by atoms with Crippen LogP contribution in [0.25, 0.3) is 54.9 Å².